The number of ether oxygens (including phenoxy) is 1. The van der Waals surface area contributed by atoms with Crippen LogP contribution in [0.1, 0.15) is 32.3 Å². The van der Waals surface area contributed by atoms with E-state index in [1.165, 1.54) is 0 Å². The summed E-state index contributed by atoms with van der Waals surface area (Å²) in [6.45, 7) is 4.20. The molecule has 1 unspecified atom stereocenters. The van der Waals surface area contributed by atoms with Crippen molar-refractivity contribution in [2.24, 2.45) is 5.92 Å². The SMILES string of the molecule is CCCC(C)C(=O)N(C)Cc1ccc(OCC(=O)O)cc1. The van der Waals surface area contributed by atoms with Gasteiger partial charge < -0.3 is 14.7 Å². The van der Waals surface area contributed by atoms with Crippen molar-refractivity contribution in [3.05, 3.63) is 29.8 Å². The van der Waals surface area contributed by atoms with Crippen LogP contribution in [0.25, 0.3) is 0 Å². The van der Waals surface area contributed by atoms with Crippen LogP contribution in [0.15, 0.2) is 24.3 Å². The van der Waals surface area contributed by atoms with Crippen molar-refractivity contribution in [3.63, 3.8) is 0 Å². The summed E-state index contributed by atoms with van der Waals surface area (Å²) >= 11 is 0. The highest BCUT2D eigenvalue weighted by Crippen LogP contribution is 2.15. The molecule has 0 radical (unpaired) electrons. The Morgan fingerprint density at radius 2 is 1.90 bits per heavy atom. The average molecular weight is 293 g/mol. The lowest BCUT2D eigenvalue weighted by Crippen LogP contribution is -2.31. The molecule has 0 aliphatic heterocycles. The van der Waals surface area contributed by atoms with Crippen LogP contribution >= 0.6 is 0 Å². The second-order valence-electron chi connectivity index (χ2n) is 5.21. The van der Waals surface area contributed by atoms with Crippen LogP contribution in [-0.4, -0.2) is 35.5 Å². The van der Waals surface area contributed by atoms with Gasteiger partial charge in [-0.25, -0.2) is 4.79 Å². The largest absolute Gasteiger partial charge is 0.482 e. The molecule has 0 fully saturated rings. The van der Waals surface area contributed by atoms with E-state index in [1.807, 2.05) is 19.1 Å². The van der Waals surface area contributed by atoms with E-state index < -0.39 is 5.97 Å². The fraction of sp³-hybridized carbons (Fsp3) is 0.500. The Labute approximate surface area is 125 Å². The monoisotopic (exact) mass is 293 g/mol. The zero-order chi connectivity index (χ0) is 15.8. The van der Waals surface area contributed by atoms with Crippen LogP contribution in [0.3, 0.4) is 0 Å². The topological polar surface area (TPSA) is 66.8 Å². The highest BCUT2D eigenvalue weighted by Gasteiger charge is 2.16. The number of rotatable bonds is 8. The predicted octanol–water partition coefficient (Wildman–Crippen LogP) is 2.54. The van der Waals surface area contributed by atoms with E-state index in [0.29, 0.717) is 12.3 Å². The summed E-state index contributed by atoms with van der Waals surface area (Å²) in [4.78, 5) is 24.2. The predicted molar refractivity (Wildman–Crippen MR) is 80.1 cm³/mol. The second kappa shape index (κ2) is 8.29. The van der Waals surface area contributed by atoms with Gasteiger partial charge in [-0.1, -0.05) is 32.4 Å². The van der Waals surface area contributed by atoms with Crippen molar-refractivity contribution in [1.29, 1.82) is 0 Å². The summed E-state index contributed by atoms with van der Waals surface area (Å²) in [6.07, 6.45) is 1.89. The first-order valence-electron chi connectivity index (χ1n) is 7.12. The molecule has 1 amide bonds. The Kier molecular flexibility index (Phi) is 6.72. The van der Waals surface area contributed by atoms with Crippen LogP contribution in [0.2, 0.25) is 0 Å². The lowest BCUT2D eigenvalue weighted by Gasteiger charge is -2.21. The third-order valence-electron chi connectivity index (χ3n) is 3.22. The molecule has 1 atom stereocenters. The minimum atomic E-state index is -1.01. The smallest absolute Gasteiger partial charge is 0.341 e. The summed E-state index contributed by atoms with van der Waals surface area (Å²) < 4.78 is 5.06. The Morgan fingerprint density at radius 1 is 1.29 bits per heavy atom. The van der Waals surface area contributed by atoms with E-state index in [0.717, 1.165) is 18.4 Å². The van der Waals surface area contributed by atoms with Crippen LogP contribution in [0.4, 0.5) is 0 Å². The molecule has 0 aromatic heterocycles. The number of carboxylic acid groups (broad SMARTS) is 1. The number of aliphatic carboxylic acids is 1. The molecule has 5 heteroatoms. The van der Waals surface area contributed by atoms with Gasteiger partial charge in [-0.2, -0.15) is 0 Å². The second-order valence-corrected chi connectivity index (χ2v) is 5.21. The fourth-order valence-corrected chi connectivity index (χ4v) is 2.12. The fourth-order valence-electron chi connectivity index (χ4n) is 2.12. The first-order valence-corrected chi connectivity index (χ1v) is 7.12. The third kappa shape index (κ3) is 5.85. The molecule has 1 N–H and O–H groups in total. The van der Waals surface area contributed by atoms with E-state index in [9.17, 15) is 9.59 Å². The van der Waals surface area contributed by atoms with Gasteiger partial charge in [0.2, 0.25) is 5.91 Å². The summed E-state index contributed by atoms with van der Waals surface area (Å²) in [5.74, 6) is -0.315. The quantitative estimate of drug-likeness (QED) is 0.800. The van der Waals surface area contributed by atoms with E-state index in [4.69, 9.17) is 9.84 Å². The van der Waals surface area contributed by atoms with Gasteiger partial charge >= 0.3 is 5.97 Å². The zero-order valence-corrected chi connectivity index (χ0v) is 12.8. The van der Waals surface area contributed by atoms with Crippen molar-refractivity contribution < 1.29 is 19.4 Å². The van der Waals surface area contributed by atoms with Gasteiger partial charge in [-0.05, 0) is 24.1 Å². The molecule has 21 heavy (non-hydrogen) atoms. The van der Waals surface area contributed by atoms with Crippen molar-refractivity contribution in [3.8, 4) is 5.75 Å². The first kappa shape index (κ1) is 17.0. The lowest BCUT2D eigenvalue weighted by molar-refractivity contribution is -0.139. The van der Waals surface area contributed by atoms with Crippen molar-refractivity contribution >= 4 is 11.9 Å². The molecular weight excluding hydrogens is 270 g/mol. The van der Waals surface area contributed by atoms with Crippen LogP contribution in [0.5, 0.6) is 5.75 Å². The van der Waals surface area contributed by atoms with Gasteiger partial charge in [0, 0.05) is 19.5 Å². The summed E-state index contributed by atoms with van der Waals surface area (Å²) in [5.41, 5.74) is 0.984. The number of nitrogens with zero attached hydrogens (tertiary/aromatic N) is 1. The third-order valence-corrected chi connectivity index (χ3v) is 3.22. The van der Waals surface area contributed by atoms with Crippen LogP contribution in [0, 0.1) is 5.92 Å². The molecule has 1 rings (SSSR count). The van der Waals surface area contributed by atoms with Gasteiger partial charge in [0.1, 0.15) is 5.75 Å². The molecule has 116 valence electrons. The highest BCUT2D eigenvalue weighted by atomic mass is 16.5. The lowest BCUT2D eigenvalue weighted by atomic mass is 10.0. The average Bonchev–Trinajstić information content (AvgIpc) is 2.45. The van der Waals surface area contributed by atoms with E-state index in [2.05, 4.69) is 6.92 Å². The number of carbonyl (C=O) groups excluding carboxylic acids is 1. The van der Waals surface area contributed by atoms with Gasteiger partial charge in [0.15, 0.2) is 6.61 Å². The molecule has 5 nitrogen and oxygen atoms in total. The normalized spacial score (nSPS) is 11.8. The van der Waals surface area contributed by atoms with E-state index in [1.54, 1.807) is 24.1 Å². The maximum atomic E-state index is 12.1. The van der Waals surface area contributed by atoms with Crippen LogP contribution in [-0.2, 0) is 16.1 Å². The molecule has 0 heterocycles. The summed E-state index contributed by atoms with van der Waals surface area (Å²) in [7, 11) is 1.79. The van der Waals surface area contributed by atoms with Gasteiger partial charge in [-0.15, -0.1) is 0 Å². The first-order chi connectivity index (χ1) is 9.93. The Hall–Kier alpha value is -2.04. The molecular formula is C16H23NO4. The molecule has 0 saturated carbocycles. The van der Waals surface area contributed by atoms with E-state index in [-0.39, 0.29) is 18.4 Å². The number of carboxylic acids is 1. The Balaban J connectivity index is 2.54. The molecule has 1 aromatic carbocycles. The number of amides is 1. The molecule has 0 aliphatic carbocycles. The number of hydrogen-bond donors (Lipinski definition) is 1. The van der Waals surface area contributed by atoms with Gasteiger partial charge in [-0.3, -0.25) is 4.79 Å². The molecule has 0 saturated heterocycles. The number of hydrogen-bond acceptors (Lipinski definition) is 3. The van der Waals surface area contributed by atoms with Crippen molar-refractivity contribution in [2.75, 3.05) is 13.7 Å². The number of carbonyl (C=O) groups is 2. The maximum absolute atomic E-state index is 12.1. The molecule has 0 bridgehead atoms. The highest BCUT2D eigenvalue weighted by molar-refractivity contribution is 5.78. The standard InChI is InChI=1S/C16H23NO4/c1-4-5-12(2)16(20)17(3)10-13-6-8-14(9-7-13)21-11-15(18)19/h6-9,12H,4-5,10-11H2,1-3H3,(H,18,19). The van der Waals surface area contributed by atoms with E-state index >= 15 is 0 Å². The molecule has 0 spiro atoms. The minimum Gasteiger partial charge on any atom is -0.482 e. The number of benzene rings is 1. The van der Waals surface area contributed by atoms with Crippen LogP contribution < -0.4 is 4.74 Å². The summed E-state index contributed by atoms with van der Waals surface area (Å²) in [6, 6.07) is 7.11. The van der Waals surface area contributed by atoms with Crippen molar-refractivity contribution in [1.82, 2.24) is 4.90 Å². The Morgan fingerprint density at radius 3 is 2.43 bits per heavy atom. The van der Waals surface area contributed by atoms with Gasteiger partial charge in [0.25, 0.3) is 0 Å². The zero-order valence-electron chi connectivity index (χ0n) is 12.8. The summed E-state index contributed by atoms with van der Waals surface area (Å²) in [5, 5.41) is 8.54. The van der Waals surface area contributed by atoms with Crippen molar-refractivity contribution in [2.45, 2.75) is 33.2 Å². The molecule has 1 aromatic rings. The van der Waals surface area contributed by atoms with Gasteiger partial charge in [0.05, 0.1) is 0 Å². The molecule has 0 aliphatic rings. The Bertz CT molecular complexity index is 470. The minimum absolute atomic E-state index is 0.0400. The maximum Gasteiger partial charge on any atom is 0.341 e.